The average Bonchev–Trinajstić information content (AvgIpc) is 2.45. The van der Waals surface area contributed by atoms with E-state index in [-0.39, 0.29) is 30.8 Å². The van der Waals surface area contributed by atoms with Crippen molar-refractivity contribution in [2.45, 2.75) is 19.1 Å². The van der Waals surface area contributed by atoms with Gasteiger partial charge >= 0.3 is 0 Å². The number of amides is 3. The number of carbonyl (C=O) groups is 3. The summed E-state index contributed by atoms with van der Waals surface area (Å²) in [5.74, 6) is -0.809. The molecule has 2 aliphatic rings. The first-order valence-corrected chi connectivity index (χ1v) is 7.13. The molecule has 2 saturated heterocycles. The molecule has 118 valence electrons. The number of carbonyl (C=O) groups excluding carboxylic acids is 3. The van der Waals surface area contributed by atoms with Crippen LogP contribution in [0, 0.1) is 0 Å². The summed E-state index contributed by atoms with van der Waals surface area (Å²) >= 11 is 0. The van der Waals surface area contributed by atoms with Crippen LogP contribution < -0.4 is 5.32 Å². The van der Waals surface area contributed by atoms with E-state index >= 15 is 0 Å². The van der Waals surface area contributed by atoms with E-state index in [0.29, 0.717) is 13.1 Å². The summed E-state index contributed by atoms with van der Waals surface area (Å²) in [6.07, 6.45) is -0.969. The Balaban J connectivity index is 2.03. The molecular formula is C13H22N4O4. The molecule has 0 bridgehead atoms. The Morgan fingerprint density at radius 3 is 2.57 bits per heavy atom. The van der Waals surface area contributed by atoms with Crippen molar-refractivity contribution in [1.29, 1.82) is 0 Å². The summed E-state index contributed by atoms with van der Waals surface area (Å²) in [5.41, 5.74) is 0. The van der Waals surface area contributed by atoms with Crippen LogP contribution in [0.2, 0.25) is 0 Å². The highest BCUT2D eigenvalue weighted by atomic mass is 16.3. The molecule has 2 N–H and O–H groups in total. The van der Waals surface area contributed by atoms with Crippen LogP contribution in [0.25, 0.3) is 0 Å². The topological polar surface area (TPSA) is 93.2 Å². The smallest absolute Gasteiger partial charge is 0.248 e. The molecule has 0 aromatic heterocycles. The Labute approximate surface area is 123 Å². The van der Waals surface area contributed by atoms with E-state index in [2.05, 4.69) is 5.32 Å². The number of likely N-dealkylation sites (N-methyl/N-ethyl adjacent to an activating group) is 1. The molecule has 0 aromatic carbocycles. The molecule has 21 heavy (non-hydrogen) atoms. The molecular weight excluding hydrogens is 276 g/mol. The monoisotopic (exact) mass is 298 g/mol. The molecule has 3 amide bonds. The minimum Gasteiger partial charge on any atom is -0.391 e. The SMILES string of the molecule is CC(O)[C@H]1C(=O)N(CC(=O)N2CCNCC2)CC(=O)N1C. The van der Waals surface area contributed by atoms with Crippen LogP contribution in [0.5, 0.6) is 0 Å². The van der Waals surface area contributed by atoms with Gasteiger partial charge in [-0.15, -0.1) is 0 Å². The molecule has 8 nitrogen and oxygen atoms in total. The van der Waals surface area contributed by atoms with Gasteiger partial charge in [0.15, 0.2) is 0 Å². The van der Waals surface area contributed by atoms with Gasteiger partial charge in [-0.25, -0.2) is 0 Å². The summed E-state index contributed by atoms with van der Waals surface area (Å²) in [7, 11) is 1.49. The van der Waals surface area contributed by atoms with Crippen molar-refractivity contribution in [3.05, 3.63) is 0 Å². The lowest BCUT2D eigenvalue weighted by molar-refractivity contribution is -0.160. The Kier molecular flexibility index (Phi) is 4.79. The Morgan fingerprint density at radius 1 is 1.38 bits per heavy atom. The van der Waals surface area contributed by atoms with Gasteiger partial charge in [0.25, 0.3) is 0 Å². The van der Waals surface area contributed by atoms with E-state index < -0.39 is 12.1 Å². The third-order valence-electron chi connectivity index (χ3n) is 3.95. The summed E-state index contributed by atoms with van der Waals surface area (Å²) in [6, 6.07) is -0.915. The highest BCUT2D eigenvalue weighted by molar-refractivity contribution is 5.97. The molecule has 8 heteroatoms. The number of nitrogens with zero attached hydrogens (tertiary/aromatic N) is 3. The zero-order valence-electron chi connectivity index (χ0n) is 12.4. The number of piperazine rings is 2. The maximum atomic E-state index is 12.3. The quantitative estimate of drug-likeness (QED) is 0.599. The van der Waals surface area contributed by atoms with Crippen LogP contribution in [-0.4, -0.2) is 96.0 Å². The van der Waals surface area contributed by atoms with Crippen molar-refractivity contribution >= 4 is 17.7 Å². The molecule has 0 spiro atoms. The van der Waals surface area contributed by atoms with Crippen molar-refractivity contribution < 1.29 is 19.5 Å². The maximum absolute atomic E-state index is 12.3. The zero-order valence-corrected chi connectivity index (χ0v) is 12.4. The van der Waals surface area contributed by atoms with Gasteiger partial charge < -0.3 is 25.1 Å². The largest absolute Gasteiger partial charge is 0.391 e. The number of aliphatic hydroxyl groups excluding tert-OH is 1. The predicted molar refractivity (Wildman–Crippen MR) is 74.3 cm³/mol. The van der Waals surface area contributed by atoms with Crippen LogP contribution in [0.1, 0.15) is 6.92 Å². The van der Waals surface area contributed by atoms with E-state index in [4.69, 9.17) is 0 Å². The maximum Gasteiger partial charge on any atom is 0.248 e. The summed E-state index contributed by atoms with van der Waals surface area (Å²) in [6.45, 7) is 3.92. The Morgan fingerprint density at radius 2 is 2.00 bits per heavy atom. The molecule has 0 aromatic rings. The first kappa shape index (κ1) is 15.7. The second-order valence-corrected chi connectivity index (χ2v) is 5.52. The first-order valence-electron chi connectivity index (χ1n) is 7.13. The molecule has 2 fully saturated rings. The summed E-state index contributed by atoms with van der Waals surface area (Å²) in [5, 5.41) is 12.8. The zero-order chi connectivity index (χ0) is 15.6. The molecule has 2 atom stereocenters. The van der Waals surface area contributed by atoms with Crippen molar-refractivity contribution in [1.82, 2.24) is 20.0 Å². The van der Waals surface area contributed by atoms with Crippen molar-refractivity contribution in [2.75, 3.05) is 46.3 Å². The molecule has 2 rings (SSSR count). The predicted octanol–water partition coefficient (Wildman–Crippen LogP) is -2.53. The van der Waals surface area contributed by atoms with Crippen LogP contribution in [0.3, 0.4) is 0 Å². The van der Waals surface area contributed by atoms with E-state index in [0.717, 1.165) is 13.1 Å². The lowest BCUT2D eigenvalue weighted by atomic mass is 10.1. The number of aliphatic hydroxyl groups is 1. The highest BCUT2D eigenvalue weighted by Crippen LogP contribution is 2.14. The van der Waals surface area contributed by atoms with Gasteiger partial charge in [-0.05, 0) is 6.92 Å². The fraction of sp³-hybridized carbons (Fsp3) is 0.769. The normalized spacial score (nSPS) is 25.3. The summed E-state index contributed by atoms with van der Waals surface area (Å²) < 4.78 is 0. The molecule has 2 heterocycles. The van der Waals surface area contributed by atoms with E-state index in [1.54, 1.807) is 4.90 Å². The lowest BCUT2D eigenvalue weighted by Crippen LogP contribution is -2.63. The number of nitrogens with one attached hydrogen (secondary N) is 1. The fourth-order valence-electron chi connectivity index (χ4n) is 2.70. The number of hydrogen-bond acceptors (Lipinski definition) is 5. The molecule has 1 unspecified atom stereocenters. The molecule has 2 aliphatic heterocycles. The van der Waals surface area contributed by atoms with Gasteiger partial charge in [-0.3, -0.25) is 14.4 Å². The second-order valence-electron chi connectivity index (χ2n) is 5.52. The van der Waals surface area contributed by atoms with Gasteiger partial charge in [0.2, 0.25) is 17.7 Å². The van der Waals surface area contributed by atoms with Crippen molar-refractivity contribution in [3.8, 4) is 0 Å². The van der Waals surface area contributed by atoms with Gasteiger partial charge in [-0.2, -0.15) is 0 Å². The Bertz CT molecular complexity index is 434. The van der Waals surface area contributed by atoms with Crippen molar-refractivity contribution in [3.63, 3.8) is 0 Å². The minimum absolute atomic E-state index is 0.109. The van der Waals surface area contributed by atoms with Gasteiger partial charge in [0, 0.05) is 33.2 Å². The second kappa shape index (κ2) is 6.40. The van der Waals surface area contributed by atoms with E-state index in [1.165, 1.54) is 23.8 Å². The van der Waals surface area contributed by atoms with E-state index in [1.807, 2.05) is 0 Å². The average molecular weight is 298 g/mol. The fourth-order valence-corrected chi connectivity index (χ4v) is 2.70. The summed E-state index contributed by atoms with van der Waals surface area (Å²) in [4.78, 5) is 40.6. The molecule has 0 aliphatic carbocycles. The number of hydrogen-bond donors (Lipinski definition) is 2. The highest BCUT2D eigenvalue weighted by Gasteiger charge is 2.40. The molecule has 0 saturated carbocycles. The third-order valence-corrected chi connectivity index (χ3v) is 3.95. The van der Waals surface area contributed by atoms with Crippen LogP contribution in [0.15, 0.2) is 0 Å². The van der Waals surface area contributed by atoms with Gasteiger partial charge in [0.1, 0.15) is 19.1 Å². The minimum atomic E-state index is -0.969. The van der Waals surface area contributed by atoms with Crippen molar-refractivity contribution in [2.24, 2.45) is 0 Å². The third kappa shape index (κ3) is 3.33. The van der Waals surface area contributed by atoms with E-state index in [9.17, 15) is 19.5 Å². The van der Waals surface area contributed by atoms with Crippen LogP contribution >= 0.6 is 0 Å². The first-order chi connectivity index (χ1) is 9.91. The Hall–Kier alpha value is -1.67. The van der Waals surface area contributed by atoms with Gasteiger partial charge in [-0.1, -0.05) is 0 Å². The molecule has 0 radical (unpaired) electrons. The lowest BCUT2D eigenvalue weighted by Gasteiger charge is -2.40. The van der Waals surface area contributed by atoms with Crippen LogP contribution in [0.4, 0.5) is 0 Å². The van der Waals surface area contributed by atoms with Crippen LogP contribution in [-0.2, 0) is 14.4 Å². The number of rotatable bonds is 3. The van der Waals surface area contributed by atoms with Gasteiger partial charge in [0.05, 0.1) is 6.10 Å². The standard InChI is InChI=1S/C13H22N4O4/c1-9(18)12-13(21)17(7-10(19)15(12)2)8-11(20)16-5-3-14-4-6-16/h9,12,14,18H,3-8H2,1-2H3/t9?,12-/m0/s1.